The molecule has 2 rings (SSSR count). The average Bonchev–Trinajstić information content (AvgIpc) is 2.49. The summed E-state index contributed by atoms with van der Waals surface area (Å²) in [6, 6.07) is 5.20. The molecule has 0 radical (unpaired) electrons. The highest BCUT2D eigenvalue weighted by atomic mass is 79.9. The molecule has 0 aliphatic rings. The molecular weight excluding hydrogens is 369 g/mol. The number of rotatable bonds is 1. The molecule has 78 valence electrons. The molecule has 1 heterocycles. The predicted molar refractivity (Wildman–Crippen MR) is 67.4 cm³/mol. The highest BCUT2D eigenvalue weighted by Gasteiger charge is 2.15. The Morgan fingerprint density at radius 2 is 1.93 bits per heavy atom. The van der Waals surface area contributed by atoms with Gasteiger partial charge in [0.25, 0.3) is 0 Å². The third-order valence-corrected chi connectivity index (χ3v) is 4.14. The van der Waals surface area contributed by atoms with Gasteiger partial charge in [0.05, 0.1) is 5.02 Å². The number of nitrogens with zero attached hydrogens (tertiary/aromatic N) is 1. The summed E-state index contributed by atoms with van der Waals surface area (Å²) in [4.78, 5) is 0. The van der Waals surface area contributed by atoms with Crippen LogP contribution in [0.15, 0.2) is 31.9 Å². The van der Waals surface area contributed by atoms with E-state index in [1.165, 1.54) is 0 Å². The van der Waals surface area contributed by atoms with Crippen LogP contribution >= 0.6 is 55.1 Å². The van der Waals surface area contributed by atoms with Crippen molar-refractivity contribution in [3.05, 3.63) is 37.4 Å². The molecule has 0 amide bonds. The van der Waals surface area contributed by atoms with Crippen molar-refractivity contribution < 1.29 is 4.52 Å². The Morgan fingerprint density at radius 1 is 1.20 bits per heavy atom. The van der Waals surface area contributed by atoms with E-state index in [0.29, 0.717) is 20.4 Å². The lowest BCUT2D eigenvalue weighted by Gasteiger charge is -2.00. The summed E-state index contributed by atoms with van der Waals surface area (Å²) in [6.45, 7) is 0. The monoisotopic (exact) mass is 369 g/mol. The second-order valence-corrected chi connectivity index (χ2v) is 5.10. The molecule has 0 saturated carbocycles. The molecule has 0 bridgehead atoms. The highest BCUT2D eigenvalue weighted by molar-refractivity contribution is 9.13. The van der Waals surface area contributed by atoms with Crippen LogP contribution in [-0.4, -0.2) is 5.16 Å². The zero-order valence-electron chi connectivity index (χ0n) is 7.10. The maximum absolute atomic E-state index is 6.04. The molecule has 0 unspecified atom stereocenters. The zero-order chi connectivity index (χ0) is 11.0. The van der Waals surface area contributed by atoms with E-state index in [-0.39, 0.29) is 0 Å². The number of benzene rings is 1. The maximum atomic E-state index is 6.04. The van der Waals surface area contributed by atoms with Gasteiger partial charge in [-0.05, 0) is 50.1 Å². The van der Waals surface area contributed by atoms with Gasteiger partial charge >= 0.3 is 0 Å². The standard InChI is InChI=1S/C9H3Br2Cl2NO/c10-7-8(14-15-9(7)11)5-2-1-4(12)3-6(5)13/h1-3H. The fourth-order valence-corrected chi connectivity index (χ4v) is 2.22. The van der Waals surface area contributed by atoms with Gasteiger partial charge in [0, 0.05) is 10.6 Å². The Kier molecular flexibility index (Phi) is 3.40. The van der Waals surface area contributed by atoms with Gasteiger partial charge in [-0.25, -0.2) is 0 Å². The van der Waals surface area contributed by atoms with Gasteiger partial charge in [0.1, 0.15) is 10.2 Å². The van der Waals surface area contributed by atoms with Crippen LogP contribution in [-0.2, 0) is 0 Å². The third kappa shape index (κ3) is 2.23. The van der Waals surface area contributed by atoms with E-state index in [2.05, 4.69) is 37.0 Å². The molecule has 0 aliphatic heterocycles. The van der Waals surface area contributed by atoms with Gasteiger partial charge in [-0.1, -0.05) is 28.4 Å². The van der Waals surface area contributed by atoms with Crippen LogP contribution < -0.4 is 0 Å². The molecule has 0 N–H and O–H groups in total. The summed E-state index contributed by atoms with van der Waals surface area (Å²) in [5.41, 5.74) is 1.41. The van der Waals surface area contributed by atoms with Crippen LogP contribution in [0.4, 0.5) is 0 Å². The van der Waals surface area contributed by atoms with Crippen LogP contribution in [0, 0.1) is 0 Å². The normalized spacial score (nSPS) is 10.7. The Bertz CT molecular complexity index is 513. The van der Waals surface area contributed by atoms with Gasteiger partial charge in [-0.15, -0.1) is 0 Å². The minimum atomic E-state index is 0.531. The average molecular weight is 372 g/mol. The lowest BCUT2D eigenvalue weighted by Crippen LogP contribution is -1.80. The van der Waals surface area contributed by atoms with Crippen LogP contribution in [0.3, 0.4) is 0 Å². The van der Waals surface area contributed by atoms with Crippen molar-refractivity contribution in [3.8, 4) is 11.3 Å². The molecule has 15 heavy (non-hydrogen) atoms. The van der Waals surface area contributed by atoms with Gasteiger partial charge in [0.2, 0.25) is 4.67 Å². The van der Waals surface area contributed by atoms with E-state index in [0.717, 1.165) is 10.0 Å². The smallest absolute Gasteiger partial charge is 0.216 e. The van der Waals surface area contributed by atoms with Crippen molar-refractivity contribution in [2.24, 2.45) is 0 Å². The number of aromatic nitrogens is 1. The summed E-state index contributed by atoms with van der Waals surface area (Å²) >= 11 is 18.4. The SMILES string of the molecule is Clc1ccc(-c2noc(Br)c2Br)c(Cl)c1. The summed E-state index contributed by atoms with van der Waals surface area (Å²) in [7, 11) is 0. The second-order valence-electron chi connectivity index (χ2n) is 2.74. The molecule has 2 nitrogen and oxygen atoms in total. The Balaban J connectivity index is 2.59. The summed E-state index contributed by atoms with van der Waals surface area (Å²) < 4.78 is 6.22. The fourth-order valence-electron chi connectivity index (χ4n) is 1.11. The fraction of sp³-hybridized carbons (Fsp3) is 0. The summed E-state index contributed by atoms with van der Waals surface area (Å²) in [5, 5.41) is 5.00. The van der Waals surface area contributed by atoms with Gasteiger partial charge in [-0.3, -0.25) is 0 Å². The van der Waals surface area contributed by atoms with E-state index in [1.54, 1.807) is 18.2 Å². The molecule has 0 spiro atoms. The number of hydrogen-bond donors (Lipinski definition) is 0. The lowest BCUT2D eigenvalue weighted by atomic mass is 10.1. The summed E-state index contributed by atoms with van der Waals surface area (Å²) in [6.07, 6.45) is 0. The van der Waals surface area contributed by atoms with Crippen LogP contribution in [0.5, 0.6) is 0 Å². The zero-order valence-corrected chi connectivity index (χ0v) is 11.8. The van der Waals surface area contributed by atoms with Crippen molar-refractivity contribution in [3.63, 3.8) is 0 Å². The van der Waals surface area contributed by atoms with Crippen molar-refractivity contribution in [2.45, 2.75) is 0 Å². The minimum Gasteiger partial charge on any atom is -0.347 e. The maximum Gasteiger partial charge on any atom is 0.216 e. The molecule has 0 fully saturated rings. The topological polar surface area (TPSA) is 26.0 Å². The van der Waals surface area contributed by atoms with Crippen molar-refractivity contribution in [2.75, 3.05) is 0 Å². The molecule has 0 atom stereocenters. The van der Waals surface area contributed by atoms with Crippen LogP contribution in [0.2, 0.25) is 10.0 Å². The van der Waals surface area contributed by atoms with Crippen LogP contribution in [0.1, 0.15) is 0 Å². The molecule has 2 aromatic rings. The summed E-state index contributed by atoms with van der Waals surface area (Å²) in [5.74, 6) is 0. The first-order chi connectivity index (χ1) is 7.09. The molecule has 1 aromatic carbocycles. The molecule has 0 saturated heterocycles. The second kappa shape index (κ2) is 4.45. The minimum absolute atomic E-state index is 0.531. The van der Waals surface area contributed by atoms with Crippen molar-refractivity contribution in [1.29, 1.82) is 0 Å². The Hall–Kier alpha value is -0.0300. The quantitative estimate of drug-likeness (QED) is 0.690. The number of halogens is 4. The molecule has 0 aliphatic carbocycles. The van der Waals surface area contributed by atoms with Gasteiger partial charge < -0.3 is 4.52 Å². The van der Waals surface area contributed by atoms with E-state index in [4.69, 9.17) is 27.7 Å². The Morgan fingerprint density at radius 3 is 2.47 bits per heavy atom. The first-order valence-electron chi connectivity index (χ1n) is 3.85. The van der Waals surface area contributed by atoms with E-state index in [1.807, 2.05) is 0 Å². The van der Waals surface area contributed by atoms with E-state index >= 15 is 0 Å². The highest BCUT2D eigenvalue weighted by Crippen LogP contribution is 2.37. The molecule has 1 aromatic heterocycles. The first kappa shape index (κ1) is 11.5. The predicted octanol–water partition coefficient (Wildman–Crippen LogP) is 5.17. The van der Waals surface area contributed by atoms with E-state index in [9.17, 15) is 0 Å². The van der Waals surface area contributed by atoms with Gasteiger partial charge in [-0.2, -0.15) is 0 Å². The van der Waals surface area contributed by atoms with Gasteiger partial charge in [0.15, 0.2) is 0 Å². The Labute approximate surface area is 113 Å². The van der Waals surface area contributed by atoms with Crippen LogP contribution in [0.25, 0.3) is 11.3 Å². The third-order valence-electron chi connectivity index (χ3n) is 1.78. The molecular formula is C9H3Br2Cl2NO. The van der Waals surface area contributed by atoms with E-state index < -0.39 is 0 Å². The first-order valence-corrected chi connectivity index (χ1v) is 6.20. The lowest BCUT2D eigenvalue weighted by molar-refractivity contribution is 0.401. The van der Waals surface area contributed by atoms with Crippen molar-refractivity contribution in [1.82, 2.24) is 5.16 Å². The number of hydrogen-bond acceptors (Lipinski definition) is 2. The largest absolute Gasteiger partial charge is 0.347 e. The molecule has 6 heteroatoms. The van der Waals surface area contributed by atoms with Crippen molar-refractivity contribution >= 4 is 55.1 Å².